The molecule has 0 saturated carbocycles. The topological polar surface area (TPSA) is 21.1 Å². The molecule has 0 fully saturated rings. The van der Waals surface area contributed by atoms with Crippen molar-refractivity contribution in [3.05, 3.63) is 168 Å². The highest BCUT2D eigenvalue weighted by Crippen LogP contribution is 2.53. The summed E-state index contributed by atoms with van der Waals surface area (Å²) in [6.45, 7) is 11.6. The van der Waals surface area contributed by atoms with Crippen LogP contribution >= 0.6 is 22.7 Å². The lowest BCUT2D eigenvalue weighted by atomic mass is 9.44. The van der Waals surface area contributed by atoms with Crippen molar-refractivity contribution in [2.24, 2.45) is 0 Å². The monoisotopic (exact) mass is 829 g/mol. The molecule has 0 amide bonds. The number of anilines is 2. The fraction of sp³-hybridized carbons (Fsp3) is 0.125. The van der Waals surface area contributed by atoms with Gasteiger partial charge in [-0.1, -0.05) is 132 Å². The molecule has 11 aromatic rings. The molecular formula is C56H40BN3S2. The normalized spacial score (nSPS) is 14.6. The molecule has 0 unspecified atom stereocenters. The van der Waals surface area contributed by atoms with Crippen LogP contribution in [0.25, 0.3) is 90.7 Å². The lowest BCUT2D eigenvalue weighted by molar-refractivity contribution is 0.590. The first-order valence-electron chi connectivity index (χ1n) is 21.7. The van der Waals surface area contributed by atoms with Gasteiger partial charge in [0, 0.05) is 64.5 Å². The van der Waals surface area contributed by atoms with Gasteiger partial charge in [0.1, 0.15) is 5.01 Å². The highest BCUT2D eigenvalue weighted by atomic mass is 32.1. The number of hydrogen-bond acceptors (Lipinski definition) is 4. The standard InChI is InChI=1S/C56H40BN3S2/c1-55(2,3)32-19-21-33(22-20-32)60-47-26-41-35-16-10-12-18-49(35)61-50(41)27-40(47)36-23-24-37-39-25-38-34-15-9-11-17-42(34)56(4,5)43(38)28-46(39)59-48-30-51-45(29-44(48)57(60)52(36)53(37)59)58-54(62-51)31-13-7-6-8-14-31/h6-30H,1-5H3. The predicted molar refractivity (Wildman–Crippen MR) is 268 cm³/mol. The van der Waals surface area contributed by atoms with Crippen LogP contribution in [0.3, 0.4) is 0 Å². The van der Waals surface area contributed by atoms with Crippen LogP contribution in [0.4, 0.5) is 11.4 Å². The second-order valence-electron chi connectivity index (χ2n) is 19.1. The van der Waals surface area contributed by atoms with Crippen molar-refractivity contribution < 1.29 is 0 Å². The maximum absolute atomic E-state index is 5.39. The number of thiophene rings is 1. The largest absolute Gasteiger partial charge is 0.376 e. The van der Waals surface area contributed by atoms with Gasteiger partial charge in [0.15, 0.2) is 0 Å². The number of hydrogen-bond donors (Lipinski definition) is 0. The number of thiazole rings is 1. The van der Waals surface area contributed by atoms with Crippen molar-refractivity contribution in [2.75, 3.05) is 4.81 Å². The van der Waals surface area contributed by atoms with E-state index >= 15 is 0 Å². The Morgan fingerprint density at radius 1 is 0.565 bits per heavy atom. The Kier molecular flexibility index (Phi) is 6.76. The lowest BCUT2D eigenvalue weighted by Gasteiger charge is -2.42. The molecule has 0 saturated heterocycles. The average Bonchev–Trinajstić information content (AvgIpc) is 4.02. The van der Waals surface area contributed by atoms with Crippen LogP contribution < -0.4 is 15.7 Å². The predicted octanol–water partition coefficient (Wildman–Crippen LogP) is 14.3. The number of nitrogens with zero attached hydrogens (tertiary/aromatic N) is 3. The van der Waals surface area contributed by atoms with E-state index in [0.29, 0.717) is 0 Å². The van der Waals surface area contributed by atoms with Crippen molar-refractivity contribution in [3.63, 3.8) is 0 Å². The molecule has 8 aromatic carbocycles. The molecule has 0 bridgehead atoms. The van der Waals surface area contributed by atoms with Crippen LogP contribution in [-0.2, 0) is 10.8 Å². The summed E-state index contributed by atoms with van der Waals surface area (Å²) in [6.07, 6.45) is 0. The summed E-state index contributed by atoms with van der Waals surface area (Å²) < 4.78 is 6.49. The second-order valence-corrected chi connectivity index (χ2v) is 21.3. The average molecular weight is 830 g/mol. The molecule has 14 rings (SSSR count). The van der Waals surface area contributed by atoms with E-state index in [1.807, 2.05) is 11.3 Å². The maximum atomic E-state index is 5.39. The van der Waals surface area contributed by atoms with Crippen LogP contribution in [0.5, 0.6) is 0 Å². The van der Waals surface area contributed by atoms with Crippen molar-refractivity contribution in [1.82, 2.24) is 9.55 Å². The number of fused-ring (bicyclic) bond motifs is 15. The zero-order chi connectivity index (χ0) is 41.4. The summed E-state index contributed by atoms with van der Waals surface area (Å²) in [5.41, 5.74) is 20.5. The first-order valence-corrected chi connectivity index (χ1v) is 23.4. The number of aromatic nitrogens is 2. The fourth-order valence-corrected chi connectivity index (χ4v) is 13.4. The van der Waals surface area contributed by atoms with Crippen LogP contribution in [0.1, 0.15) is 51.3 Å². The molecular weight excluding hydrogens is 790 g/mol. The van der Waals surface area contributed by atoms with E-state index in [4.69, 9.17) is 4.98 Å². The molecule has 2 aliphatic heterocycles. The Morgan fingerprint density at radius 2 is 1.35 bits per heavy atom. The van der Waals surface area contributed by atoms with E-state index in [1.54, 1.807) is 11.3 Å². The van der Waals surface area contributed by atoms with Gasteiger partial charge in [0.25, 0.3) is 0 Å². The van der Waals surface area contributed by atoms with Crippen molar-refractivity contribution in [1.29, 1.82) is 0 Å². The molecule has 62 heavy (non-hydrogen) atoms. The van der Waals surface area contributed by atoms with Gasteiger partial charge in [-0.3, -0.25) is 0 Å². The van der Waals surface area contributed by atoms with Crippen LogP contribution in [0.2, 0.25) is 0 Å². The van der Waals surface area contributed by atoms with Crippen LogP contribution in [-0.4, -0.2) is 16.4 Å². The fourth-order valence-electron chi connectivity index (χ4n) is 11.3. The van der Waals surface area contributed by atoms with Gasteiger partial charge in [0.2, 0.25) is 0 Å². The molecule has 0 radical (unpaired) electrons. The Labute approximate surface area is 368 Å². The van der Waals surface area contributed by atoms with E-state index in [0.717, 1.165) is 16.1 Å². The van der Waals surface area contributed by atoms with Gasteiger partial charge in [0.05, 0.1) is 21.3 Å². The van der Waals surface area contributed by atoms with E-state index in [2.05, 4.69) is 196 Å². The van der Waals surface area contributed by atoms with Gasteiger partial charge in [-0.15, -0.1) is 22.7 Å². The van der Waals surface area contributed by atoms with E-state index in [1.165, 1.54) is 114 Å². The first-order chi connectivity index (χ1) is 30.1. The number of benzene rings is 8. The molecule has 5 heterocycles. The molecule has 3 aromatic heterocycles. The summed E-state index contributed by atoms with van der Waals surface area (Å²) in [4.78, 5) is 8.06. The van der Waals surface area contributed by atoms with Gasteiger partial charge < -0.3 is 9.38 Å². The lowest BCUT2D eigenvalue weighted by Crippen LogP contribution is -2.60. The molecule has 0 atom stereocenters. The minimum absolute atomic E-state index is 0.0410. The Morgan fingerprint density at radius 3 is 2.19 bits per heavy atom. The van der Waals surface area contributed by atoms with Crippen LogP contribution in [0, 0.1) is 0 Å². The second kappa shape index (κ2) is 11.9. The Hall–Kier alpha value is -6.47. The highest BCUT2D eigenvalue weighted by molar-refractivity contribution is 7.26. The minimum Gasteiger partial charge on any atom is -0.376 e. The zero-order valence-corrected chi connectivity index (χ0v) is 36.8. The van der Waals surface area contributed by atoms with E-state index in [9.17, 15) is 0 Å². The smallest absolute Gasteiger partial charge is 0.333 e. The van der Waals surface area contributed by atoms with E-state index in [-0.39, 0.29) is 17.7 Å². The third kappa shape index (κ3) is 4.53. The summed E-state index contributed by atoms with van der Waals surface area (Å²) >= 11 is 3.70. The molecule has 3 nitrogen and oxygen atoms in total. The number of rotatable bonds is 2. The molecule has 3 aliphatic rings. The Balaban J connectivity index is 1.14. The SMILES string of the molecule is CC(C)(C)c1ccc(N2B3c4cc5nc(-c6ccccc6)sc5cc4-n4c5cc6c(cc5c5ccc(c3c54)-c3cc4sc5ccccc5c4cc32)-c2ccccc2C6(C)C)cc1. The van der Waals surface area contributed by atoms with Gasteiger partial charge >= 0.3 is 6.85 Å². The van der Waals surface area contributed by atoms with Crippen molar-refractivity contribution >= 4 is 104 Å². The third-order valence-electron chi connectivity index (χ3n) is 14.4. The summed E-state index contributed by atoms with van der Waals surface area (Å²) in [7, 11) is 0. The summed E-state index contributed by atoms with van der Waals surface area (Å²) in [5, 5.41) is 6.30. The van der Waals surface area contributed by atoms with E-state index < -0.39 is 0 Å². The molecule has 0 spiro atoms. The third-order valence-corrected chi connectivity index (χ3v) is 16.6. The van der Waals surface area contributed by atoms with Gasteiger partial charge in [-0.05, 0) is 104 Å². The minimum atomic E-state index is -0.118. The maximum Gasteiger partial charge on any atom is 0.333 e. The van der Waals surface area contributed by atoms with Crippen LogP contribution in [0.15, 0.2) is 152 Å². The first kappa shape index (κ1) is 35.2. The quantitative estimate of drug-likeness (QED) is 0.162. The summed E-state index contributed by atoms with van der Waals surface area (Å²) in [6, 6.07) is 57.8. The highest BCUT2D eigenvalue weighted by Gasteiger charge is 2.45. The molecule has 294 valence electrons. The van der Waals surface area contributed by atoms with Crippen molar-refractivity contribution in [3.8, 4) is 38.5 Å². The zero-order valence-electron chi connectivity index (χ0n) is 35.2. The van der Waals surface area contributed by atoms with Crippen molar-refractivity contribution in [2.45, 2.75) is 45.4 Å². The van der Waals surface area contributed by atoms with Gasteiger partial charge in [-0.25, -0.2) is 4.98 Å². The van der Waals surface area contributed by atoms with Gasteiger partial charge in [-0.2, -0.15) is 0 Å². The molecule has 6 heteroatoms. The molecule has 1 aliphatic carbocycles. The summed E-state index contributed by atoms with van der Waals surface area (Å²) in [5.74, 6) is 0. The molecule has 0 N–H and O–H groups in total. The Bertz CT molecular complexity index is 3770.